The van der Waals surface area contributed by atoms with Crippen LogP contribution in [-0.4, -0.2) is 49.7 Å². The van der Waals surface area contributed by atoms with Gasteiger partial charge in [-0.05, 0) is 71.1 Å². The predicted molar refractivity (Wildman–Crippen MR) is 141 cm³/mol. The molecule has 180 valence electrons. The molecule has 2 heterocycles. The van der Waals surface area contributed by atoms with E-state index < -0.39 is 6.10 Å². The van der Waals surface area contributed by atoms with Gasteiger partial charge >= 0.3 is 0 Å². The lowest BCUT2D eigenvalue weighted by Crippen LogP contribution is -2.39. The number of allylic oxidation sites excluding steroid dienone is 2. The van der Waals surface area contributed by atoms with Crippen LogP contribution in [0.2, 0.25) is 0 Å². The molecule has 0 saturated carbocycles. The monoisotopic (exact) mass is 525 g/mol. The molecule has 2 aromatic heterocycles. The van der Waals surface area contributed by atoms with Crippen LogP contribution in [0.3, 0.4) is 0 Å². The summed E-state index contributed by atoms with van der Waals surface area (Å²) in [4.78, 5) is 18.9. The van der Waals surface area contributed by atoms with Crippen LogP contribution in [0.1, 0.15) is 44.9 Å². The maximum atomic E-state index is 12.3. The highest BCUT2D eigenvalue weighted by Crippen LogP contribution is 2.29. The van der Waals surface area contributed by atoms with Crippen molar-refractivity contribution in [2.75, 3.05) is 18.8 Å². The SMILES string of the molecule is C=c1cccc/c1=C/C(=C\C)c1cnn2c(N)c(Br)c(CCCN(CCC)C(=O)C(C)O)nc12. The lowest BCUT2D eigenvalue weighted by molar-refractivity contribution is -0.139. The number of nitrogen functional groups attached to an aromatic ring is 1. The largest absolute Gasteiger partial charge is 0.384 e. The van der Waals surface area contributed by atoms with E-state index in [4.69, 9.17) is 10.7 Å². The lowest BCUT2D eigenvalue weighted by atomic mass is 10.1. The van der Waals surface area contributed by atoms with Gasteiger partial charge in [0, 0.05) is 18.7 Å². The molecule has 0 radical (unpaired) electrons. The third-order valence-electron chi connectivity index (χ3n) is 5.68. The summed E-state index contributed by atoms with van der Waals surface area (Å²) in [5, 5.41) is 16.1. The summed E-state index contributed by atoms with van der Waals surface area (Å²) in [7, 11) is 0. The number of halogens is 1. The zero-order valence-electron chi connectivity index (χ0n) is 20.0. The van der Waals surface area contributed by atoms with Crippen molar-refractivity contribution in [3.8, 4) is 0 Å². The van der Waals surface area contributed by atoms with Crippen molar-refractivity contribution in [3.63, 3.8) is 0 Å². The Labute approximate surface area is 208 Å². The molecule has 1 aromatic carbocycles. The first-order chi connectivity index (χ1) is 16.3. The van der Waals surface area contributed by atoms with Crippen LogP contribution in [0.25, 0.3) is 23.9 Å². The van der Waals surface area contributed by atoms with E-state index in [0.717, 1.165) is 33.7 Å². The number of hydrogen-bond acceptors (Lipinski definition) is 5. The van der Waals surface area contributed by atoms with Gasteiger partial charge in [0.05, 0.1) is 16.4 Å². The third kappa shape index (κ3) is 5.56. The van der Waals surface area contributed by atoms with Crippen LogP contribution in [0, 0.1) is 0 Å². The molecule has 3 N–H and O–H groups in total. The highest BCUT2D eigenvalue weighted by atomic mass is 79.9. The topological polar surface area (TPSA) is 96.8 Å². The molecule has 7 nitrogen and oxygen atoms in total. The first-order valence-electron chi connectivity index (χ1n) is 11.5. The van der Waals surface area contributed by atoms with E-state index in [-0.39, 0.29) is 5.91 Å². The molecule has 34 heavy (non-hydrogen) atoms. The summed E-state index contributed by atoms with van der Waals surface area (Å²) in [6.45, 7) is 10.8. The lowest BCUT2D eigenvalue weighted by Gasteiger charge is -2.23. The first kappa shape index (κ1) is 25.6. The molecule has 0 aliphatic heterocycles. The van der Waals surface area contributed by atoms with E-state index in [1.807, 2.05) is 44.2 Å². The number of benzene rings is 1. The minimum Gasteiger partial charge on any atom is -0.384 e. The highest BCUT2D eigenvalue weighted by molar-refractivity contribution is 9.10. The van der Waals surface area contributed by atoms with E-state index in [9.17, 15) is 9.90 Å². The molecule has 0 saturated heterocycles. The second kappa shape index (κ2) is 11.4. The number of aromatic nitrogens is 3. The van der Waals surface area contributed by atoms with Gasteiger partial charge in [-0.15, -0.1) is 0 Å². The van der Waals surface area contributed by atoms with Crippen molar-refractivity contribution in [1.82, 2.24) is 19.5 Å². The van der Waals surface area contributed by atoms with E-state index in [2.05, 4.69) is 33.7 Å². The molecule has 0 fully saturated rings. The maximum absolute atomic E-state index is 12.3. The van der Waals surface area contributed by atoms with Gasteiger partial charge in [0.2, 0.25) is 0 Å². The molecule has 0 aliphatic carbocycles. The molecule has 8 heteroatoms. The quantitative estimate of drug-likeness (QED) is 0.447. The van der Waals surface area contributed by atoms with Crippen LogP contribution in [0.15, 0.2) is 41.0 Å². The molecule has 1 atom stereocenters. The Hall–Kier alpha value is -2.97. The van der Waals surface area contributed by atoms with E-state index in [0.29, 0.717) is 41.9 Å². The first-order valence-corrected chi connectivity index (χ1v) is 12.3. The fourth-order valence-electron chi connectivity index (χ4n) is 3.88. The number of aliphatic hydroxyl groups excluding tert-OH is 1. The predicted octanol–water partition coefficient (Wildman–Crippen LogP) is 2.92. The van der Waals surface area contributed by atoms with Gasteiger partial charge in [-0.2, -0.15) is 9.61 Å². The number of aliphatic hydroxyl groups is 1. The highest BCUT2D eigenvalue weighted by Gasteiger charge is 2.19. The zero-order chi connectivity index (χ0) is 24.8. The Morgan fingerprint density at radius 1 is 1.35 bits per heavy atom. The molecule has 0 aliphatic rings. The van der Waals surface area contributed by atoms with Crippen molar-refractivity contribution in [1.29, 1.82) is 0 Å². The zero-order valence-corrected chi connectivity index (χ0v) is 21.5. The van der Waals surface area contributed by atoms with Crippen LogP contribution >= 0.6 is 15.9 Å². The van der Waals surface area contributed by atoms with Gasteiger partial charge in [0.1, 0.15) is 11.9 Å². The molecule has 1 amide bonds. The minimum absolute atomic E-state index is 0.249. The van der Waals surface area contributed by atoms with Crippen molar-refractivity contribution in [3.05, 3.63) is 62.7 Å². The van der Waals surface area contributed by atoms with Gasteiger partial charge in [0.15, 0.2) is 5.65 Å². The van der Waals surface area contributed by atoms with Gasteiger partial charge in [-0.3, -0.25) is 4.79 Å². The molecular weight excluding hydrogens is 494 g/mol. The van der Waals surface area contributed by atoms with E-state index in [1.165, 1.54) is 6.92 Å². The fourth-order valence-corrected chi connectivity index (χ4v) is 4.33. The van der Waals surface area contributed by atoms with Crippen molar-refractivity contribution in [2.45, 2.75) is 46.1 Å². The number of aryl methyl sites for hydroxylation is 1. The summed E-state index contributed by atoms with van der Waals surface area (Å²) >= 11 is 3.58. The fraction of sp³-hybridized carbons (Fsp3) is 0.346. The smallest absolute Gasteiger partial charge is 0.251 e. The Kier molecular flexibility index (Phi) is 8.63. The summed E-state index contributed by atoms with van der Waals surface area (Å²) < 4.78 is 2.34. The van der Waals surface area contributed by atoms with Crippen molar-refractivity contribution < 1.29 is 9.90 Å². The number of carbonyl (C=O) groups is 1. The van der Waals surface area contributed by atoms with Crippen LogP contribution in [0.5, 0.6) is 0 Å². The molecule has 0 spiro atoms. The maximum Gasteiger partial charge on any atom is 0.251 e. The van der Waals surface area contributed by atoms with Gasteiger partial charge < -0.3 is 15.7 Å². The summed E-state index contributed by atoms with van der Waals surface area (Å²) in [6, 6.07) is 7.95. The van der Waals surface area contributed by atoms with E-state index in [1.54, 1.807) is 15.6 Å². The summed E-state index contributed by atoms with van der Waals surface area (Å²) in [5.74, 6) is 0.227. The number of nitrogens with zero attached hydrogens (tertiary/aromatic N) is 4. The number of rotatable bonds is 9. The molecule has 1 unspecified atom stereocenters. The standard InChI is InChI=1S/C26H32BrN5O2/c1-5-13-31(26(34)18(4)33)14-9-12-22-23(27)24(28)32-25(30-22)21(16-29-32)19(6-2)15-20-11-8-7-10-17(20)3/h6-8,10-11,15-16,18,33H,3,5,9,12-14,28H2,1-2,4H3/b19-6+,20-15-. The van der Waals surface area contributed by atoms with Crippen LogP contribution < -0.4 is 16.2 Å². The van der Waals surface area contributed by atoms with E-state index >= 15 is 0 Å². The van der Waals surface area contributed by atoms with Crippen LogP contribution in [-0.2, 0) is 11.2 Å². The molecule has 3 rings (SSSR count). The number of hydrogen-bond donors (Lipinski definition) is 2. The van der Waals surface area contributed by atoms with Gasteiger partial charge in [-0.25, -0.2) is 4.98 Å². The average molecular weight is 526 g/mol. The Morgan fingerprint density at radius 3 is 2.74 bits per heavy atom. The third-order valence-corrected chi connectivity index (χ3v) is 6.55. The van der Waals surface area contributed by atoms with Gasteiger partial charge in [-0.1, -0.05) is 43.8 Å². The Balaban J connectivity index is 1.93. The van der Waals surface area contributed by atoms with Gasteiger partial charge in [0.25, 0.3) is 5.91 Å². The van der Waals surface area contributed by atoms with Crippen molar-refractivity contribution in [2.24, 2.45) is 0 Å². The molecule has 3 aromatic rings. The molecule has 0 bridgehead atoms. The number of amides is 1. The minimum atomic E-state index is -1.00. The number of anilines is 1. The molecular formula is C26H32BrN5O2. The number of carbonyl (C=O) groups excluding carboxylic acids is 1. The Morgan fingerprint density at radius 2 is 2.09 bits per heavy atom. The summed E-state index contributed by atoms with van der Waals surface area (Å²) in [5.41, 5.74) is 9.73. The normalized spacial score (nSPS) is 13.4. The average Bonchev–Trinajstić information content (AvgIpc) is 3.24. The second-order valence-electron chi connectivity index (χ2n) is 8.24. The second-order valence-corrected chi connectivity index (χ2v) is 9.04. The Bertz CT molecular complexity index is 1310. The van der Waals surface area contributed by atoms with Crippen LogP contribution in [0.4, 0.5) is 5.82 Å². The number of nitrogens with two attached hydrogens (primary N) is 1. The number of fused-ring (bicyclic) bond motifs is 1. The summed E-state index contributed by atoms with van der Waals surface area (Å²) in [6.07, 6.45) is 7.01. The van der Waals surface area contributed by atoms with Crippen molar-refractivity contribution >= 4 is 51.5 Å².